The van der Waals surface area contributed by atoms with Crippen LogP contribution < -0.4 is 0 Å². The number of rotatable bonds is 6. The zero-order chi connectivity index (χ0) is 28.2. The predicted molar refractivity (Wildman–Crippen MR) is 157 cm³/mol. The van der Waals surface area contributed by atoms with Gasteiger partial charge in [-0.3, -0.25) is 0 Å². The van der Waals surface area contributed by atoms with E-state index in [2.05, 4.69) is 38.4 Å². The van der Waals surface area contributed by atoms with E-state index in [-0.39, 0.29) is 16.0 Å². The second-order valence-corrected chi connectivity index (χ2v) is 12.8. The summed E-state index contributed by atoms with van der Waals surface area (Å²) in [5, 5.41) is 18.8. The van der Waals surface area contributed by atoms with Gasteiger partial charge in [0.05, 0.1) is 24.9 Å². The zero-order valence-electron chi connectivity index (χ0n) is 20.4. The minimum Gasteiger partial charge on any atom is -0.478 e. The van der Waals surface area contributed by atoms with Crippen LogP contribution in [0.4, 0.5) is 0 Å². The number of carbonyl (C=O) groups is 2. The average molecular weight is 661 g/mol. The van der Waals surface area contributed by atoms with Crippen LogP contribution >= 0.6 is 31.9 Å². The smallest absolute Gasteiger partial charge is 0.336 e. The first kappa shape index (κ1) is 29.1. The first-order chi connectivity index (χ1) is 17.9. The lowest BCUT2D eigenvalue weighted by Gasteiger charge is -2.09. The molecule has 0 unspecified atom stereocenters. The van der Waals surface area contributed by atoms with Crippen molar-refractivity contribution in [1.29, 1.82) is 0 Å². The van der Waals surface area contributed by atoms with Gasteiger partial charge in [0.2, 0.25) is 0 Å². The van der Waals surface area contributed by atoms with Gasteiger partial charge in [-0.25, -0.2) is 22.0 Å². The fraction of sp³-hybridized carbons (Fsp3) is 0.0714. The number of nitrogens with zero attached hydrogens (tertiary/aromatic N) is 1. The highest BCUT2D eigenvalue weighted by Gasteiger charge is 2.20. The summed E-state index contributed by atoms with van der Waals surface area (Å²) in [7, 11) is -3.60. The summed E-state index contributed by atoms with van der Waals surface area (Å²) in [5.74, 6) is -2.31. The number of benzene rings is 3. The van der Waals surface area contributed by atoms with Gasteiger partial charge in [0.1, 0.15) is 0 Å². The monoisotopic (exact) mass is 659 g/mol. The van der Waals surface area contributed by atoms with Crippen molar-refractivity contribution in [2.75, 3.05) is 0 Å². The Hall–Kier alpha value is -3.47. The standard InChI is InChI=1S/C17H15NO2S.C11H8Br2O4/c1-3-14-5-4-6-15-11-12-18(17(14)15)21(19,20)16-9-7-13(2)8-10-16;1-5-2-6(10(14)15)3-8(11(16)17)7(5)4-9(12)13/h3-12H,1H2,2H3;2-4H,1H3,(H,14,15)(H,16,17). The highest BCUT2D eigenvalue weighted by molar-refractivity contribution is 9.28. The van der Waals surface area contributed by atoms with E-state index in [4.69, 9.17) is 10.2 Å². The van der Waals surface area contributed by atoms with Gasteiger partial charge in [0, 0.05) is 11.6 Å². The second kappa shape index (κ2) is 11.9. The SMILES string of the molecule is C=Cc1cccc2ccn(S(=O)(=O)c3ccc(C)cc3)c12.Cc1cc(C(=O)O)cc(C(=O)O)c1C=C(Br)Br. The van der Waals surface area contributed by atoms with E-state index in [0.717, 1.165) is 22.6 Å². The number of carboxylic acid groups (broad SMARTS) is 2. The lowest BCUT2D eigenvalue weighted by molar-refractivity contribution is 0.0695. The molecule has 4 aromatic rings. The van der Waals surface area contributed by atoms with Crippen LogP contribution in [0.25, 0.3) is 23.1 Å². The Morgan fingerprint density at radius 2 is 1.61 bits per heavy atom. The molecule has 0 spiro atoms. The Kier molecular flexibility index (Phi) is 9.14. The van der Waals surface area contributed by atoms with Crippen LogP contribution in [0.2, 0.25) is 0 Å². The van der Waals surface area contributed by atoms with Gasteiger partial charge in [0.25, 0.3) is 10.0 Å². The molecule has 2 N–H and O–H groups in total. The molecule has 10 heteroatoms. The summed E-state index contributed by atoms with van der Waals surface area (Å²) < 4.78 is 27.5. The number of halogens is 2. The number of aromatic nitrogens is 1. The van der Waals surface area contributed by atoms with Gasteiger partial charge in [-0.2, -0.15) is 0 Å². The Balaban J connectivity index is 0.000000216. The van der Waals surface area contributed by atoms with Crippen LogP contribution in [0.3, 0.4) is 0 Å². The third-order valence-electron chi connectivity index (χ3n) is 5.62. The topological polar surface area (TPSA) is 114 Å². The van der Waals surface area contributed by atoms with Crippen LogP contribution in [0.15, 0.2) is 81.7 Å². The minimum absolute atomic E-state index is 0.0391. The van der Waals surface area contributed by atoms with Crippen molar-refractivity contribution >= 4 is 76.9 Å². The molecule has 0 aliphatic carbocycles. The number of aryl methyl sites for hydroxylation is 2. The summed E-state index contributed by atoms with van der Waals surface area (Å²) in [6.45, 7) is 7.35. The predicted octanol–water partition coefficient (Wildman–Crippen LogP) is 7.31. The van der Waals surface area contributed by atoms with E-state index >= 15 is 0 Å². The molecule has 0 bridgehead atoms. The van der Waals surface area contributed by atoms with Crippen LogP contribution in [0.5, 0.6) is 0 Å². The van der Waals surface area contributed by atoms with Crippen LogP contribution in [-0.4, -0.2) is 34.5 Å². The van der Waals surface area contributed by atoms with Gasteiger partial charge >= 0.3 is 11.9 Å². The van der Waals surface area contributed by atoms with E-state index in [1.165, 1.54) is 10.0 Å². The number of para-hydroxylation sites is 1. The van der Waals surface area contributed by atoms with E-state index in [9.17, 15) is 18.0 Å². The van der Waals surface area contributed by atoms with Crippen molar-refractivity contribution in [3.05, 3.63) is 110 Å². The molecule has 7 nitrogen and oxygen atoms in total. The molecule has 0 radical (unpaired) electrons. The molecule has 0 fully saturated rings. The largest absolute Gasteiger partial charge is 0.478 e. The summed E-state index contributed by atoms with van der Waals surface area (Å²) >= 11 is 6.29. The number of fused-ring (bicyclic) bond motifs is 1. The summed E-state index contributed by atoms with van der Waals surface area (Å²) in [6, 6.07) is 16.9. The molecule has 1 heterocycles. The number of hydrogen-bond donors (Lipinski definition) is 2. The third-order valence-corrected chi connectivity index (χ3v) is 7.77. The number of hydrogen-bond acceptors (Lipinski definition) is 4. The van der Waals surface area contributed by atoms with Gasteiger partial charge < -0.3 is 10.2 Å². The lowest BCUT2D eigenvalue weighted by atomic mass is 9.98. The summed E-state index contributed by atoms with van der Waals surface area (Å²) in [4.78, 5) is 22.2. The van der Waals surface area contributed by atoms with E-state index in [1.54, 1.807) is 55.6 Å². The molecule has 38 heavy (non-hydrogen) atoms. The summed E-state index contributed by atoms with van der Waals surface area (Å²) in [5.41, 5.74) is 3.45. The Morgan fingerprint density at radius 1 is 0.947 bits per heavy atom. The Morgan fingerprint density at radius 3 is 2.16 bits per heavy atom. The molecule has 0 amide bonds. The Labute approximate surface area is 237 Å². The summed E-state index contributed by atoms with van der Waals surface area (Å²) in [6.07, 6.45) is 4.83. The first-order valence-corrected chi connectivity index (χ1v) is 14.1. The van der Waals surface area contributed by atoms with E-state index < -0.39 is 22.0 Å². The van der Waals surface area contributed by atoms with Gasteiger partial charge in [0.15, 0.2) is 0 Å². The van der Waals surface area contributed by atoms with E-state index in [1.807, 2.05) is 25.1 Å². The minimum atomic E-state index is -3.60. The molecule has 0 saturated carbocycles. The van der Waals surface area contributed by atoms with E-state index in [0.29, 0.717) is 20.0 Å². The van der Waals surface area contributed by atoms with Crippen LogP contribution in [0.1, 0.15) is 43.0 Å². The van der Waals surface area contributed by atoms with Gasteiger partial charge in [-0.05, 0) is 98.8 Å². The lowest BCUT2D eigenvalue weighted by Crippen LogP contribution is -2.12. The maximum Gasteiger partial charge on any atom is 0.336 e. The highest BCUT2D eigenvalue weighted by Crippen LogP contribution is 2.27. The molecule has 196 valence electrons. The van der Waals surface area contributed by atoms with Crippen molar-refractivity contribution in [2.45, 2.75) is 18.7 Å². The highest BCUT2D eigenvalue weighted by atomic mass is 79.9. The van der Waals surface area contributed by atoms with Gasteiger partial charge in [-0.1, -0.05) is 48.6 Å². The molecule has 1 aromatic heterocycles. The van der Waals surface area contributed by atoms with Crippen molar-refractivity contribution in [3.63, 3.8) is 0 Å². The molecular formula is C28H23Br2NO6S. The molecule has 0 aliphatic heterocycles. The normalized spacial score (nSPS) is 10.8. The van der Waals surface area contributed by atoms with Crippen molar-refractivity contribution in [1.82, 2.24) is 3.97 Å². The van der Waals surface area contributed by atoms with Crippen molar-refractivity contribution in [2.24, 2.45) is 0 Å². The fourth-order valence-electron chi connectivity index (χ4n) is 3.78. The second-order valence-electron chi connectivity index (χ2n) is 8.22. The average Bonchev–Trinajstić information content (AvgIpc) is 3.30. The third kappa shape index (κ3) is 6.32. The van der Waals surface area contributed by atoms with Crippen molar-refractivity contribution < 1.29 is 28.2 Å². The van der Waals surface area contributed by atoms with Crippen LogP contribution in [0, 0.1) is 13.8 Å². The van der Waals surface area contributed by atoms with Crippen LogP contribution in [-0.2, 0) is 10.0 Å². The molecule has 0 atom stereocenters. The number of carboxylic acids is 2. The quantitative estimate of drug-likeness (QED) is 0.224. The first-order valence-electron chi connectivity index (χ1n) is 11.1. The maximum atomic E-state index is 12.8. The zero-order valence-corrected chi connectivity index (χ0v) is 24.3. The molecule has 4 rings (SSSR count). The molecule has 3 aromatic carbocycles. The maximum absolute atomic E-state index is 12.8. The fourth-order valence-corrected chi connectivity index (χ4v) is 5.62. The van der Waals surface area contributed by atoms with Gasteiger partial charge in [-0.15, -0.1) is 0 Å². The molecule has 0 saturated heterocycles. The molecular weight excluding hydrogens is 638 g/mol. The molecule has 0 aliphatic rings. The number of aromatic carboxylic acids is 2. The Bertz CT molecular complexity index is 1680. The van der Waals surface area contributed by atoms with Crippen molar-refractivity contribution in [3.8, 4) is 0 Å².